The summed E-state index contributed by atoms with van der Waals surface area (Å²) in [6.07, 6.45) is -0.0279. The number of methoxy groups -OCH3 is 1. The molecule has 0 fully saturated rings. The maximum Gasteiger partial charge on any atom is 0.307 e. The summed E-state index contributed by atoms with van der Waals surface area (Å²) in [6, 6.07) is 3.32. The molecule has 0 spiro atoms. The van der Waals surface area contributed by atoms with E-state index in [1.807, 2.05) is 6.92 Å². The van der Waals surface area contributed by atoms with Gasteiger partial charge < -0.3 is 10.1 Å². The summed E-state index contributed by atoms with van der Waals surface area (Å²) in [5, 5.41) is 3.04. The van der Waals surface area contributed by atoms with Gasteiger partial charge in [0, 0.05) is 11.6 Å². The van der Waals surface area contributed by atoms with Gasteiger partial charge in [0.1, 0.15) is 11.6 Å². The van der Waals surface area contributed by atoms with E-state index in [0.717, 1.165) is 6.07 Å². The van der Waals surface area contributed by atoms with Crippen molar-refractivity contribution in [2.24, 2.45) is 0 Å². The Morgan fingerprint density at radius 3 is 2.61 bits per heavy atom. The van der Waals surface area contributed by atoms with Crippen molar-refractivity contribution in [3.8, 4) is 0 Å². The molecule has 3 nitrogen and oxygen atoms in total. The number of nitrogens with one attached hydrogen (secondary N) is 1. The predicted molar refractivity (Wildman–Crippen MR) is 64.0 cm³/mol. The topological polar surface area (TPSA) is 38.3 Å². The van der Waals surface area contributed by atoms with Crippen molar-refractivity contribution in [1.29, 1.82) is 0 Å². The molecular formula is C13H17F2NO2. The van der Waals surface area contributed by atoms with Crippen molar-refractivity contribution in [1.82, 2.24) is 5.32 Å². The van der Waals surface area contributed by atoms with Gasteiger partial charge in [-0.3, -0.25) is 4.79 Å². The SMILES string of the molecule is CCNC(C)(CC(=O)OC)c1ccc(F)cc1F. The van der Waals surface area contributed by atoms with Gasteiger partial charge in [-0.25, -0.2) is 8.78 Å². The molecule has 0 saturated heterocycles. The number of esters is 1. The van der Waals surface area contributed by atoms with Crippen LogP contribution in [-0.4, -0.2) is 19.6 Å². The molecule has 0 aromatic heterocycles. The lowest BCUT2D eigenvalue weighted by Gasteiger charge is -2.30. The first-order chi connectivity index (χ1) is 8.42. The minimum Gasteiger partial charge on any atom is -0.469 e. The zero-order chi connectivity index (χ0) is 13.8. The van der Waals surface area contributed by atoms with Gasteiger partial charge in [-0.15, -0.1) is 0 Å². The fourth-order valence-electron chi connectivity index (χ4n) is 1.94. The molecule has 100 valence electrons. The molecule has 5 heteroatoms. The number of hydrogen-bond acceptors (Lipinski definition) is 3. The second-order valence-electron chi connectivity index (χ2n) is 4.24. The summed E-state index contributed by atoms with van der Waals surface area (Å²) >= 11 is 0. The van der Waals surface area contributed by atoms with Crippen LogP contribution >= 0.6 is 0 Å². The van der Waals surface area contributed by atoms with Gasteiger partial charge in [0.15, 0.2) is 0 Å². The molecule has 0 aliphatic heterocycles. The number of benzene rings is 1. The Bertz CT molecular complexity index is 437. The second kappa shape index (κ2) is 5.91. The maximum atomic E-state index is 13.8. The molecule has 1 N–H and O–H groups in total. The Kier molecular flexibility index (Phi) is 4.78. The lowest BCUT2D eigenvalue weighted by Crippen LogP contribution is -2.42. The van der Waals surface area contributed by atoms with Crippen LogP contribution in [0.4, 0.5) is 8.78 Å². The quantitative estimate of drug-likeness (QED) is 0.823. The highest BCUT2D eigenvalue weighted by Gasteiger charge is 2.31. The molecule has 0 amide bonds. The molecule has 0 heterocycles. The first-order valence-electron chi connectivity index (χ1n) is 5.70. The molecule has 0 saturated carbocycles. The number of halogens is 2. The van der Waals surface area contributed by atoms with Gasteiger partial charge in [-0.1, -0.05) is 13.0 Å². The Balaban J connectivity index is 3.13. The highest BCUT2D eigenvalue weighted by atomic mass is 19.1. The molecule has 0 radical (unpaired) electrons. The van der Waals surface area contributed by atoms with Gasteiger partial charge in [-0.05, 0) is 19.5 Å². The largest absolute Gasteiger partial charge is 0.469 e. The van der Waals surface area contributed by atoms with Crippen LogP contribution < -0.4 is 5.32 Å². The van der Waals surface area contributed by atoms with Crippen molar-refractivity contribution in [3.05, 3.63) is 35.4 Å². The lowest BCUT2D eigenvalue weighted by atomic mass is 9.88. The van der Waals surface area contributed by atoms with E-state index in [9.17, 15) is 13.6 Å². The summed E-state index contributed by atoms with van der Waals surface area (Å²) < 4.78 is 31.3. The molecule has 0 bridgehead atoms. The zero-order valence-corrected chi connectivity index (χ0v) is 10.7. The van der Waals surface area contributed by atoms with E-state index in [1.165, 1.54) is 19.2 Å². The summed E-state index contributed by atoms with van der Waals surface area (Å²) in [5.74, 6) is -1.78. The third-order valence-corrected chi connectivity index (χ3v) is 2.82. The van der Waals surface area contributed by atoms with Gasteiger partial charge in [-0.2, -0.15) is 0 Å². The molecule has 1 aromatic carbocycles. The fourth-order valence-corrected chi connectivity index (χ4v) is 1.94. The number of rotatable bonds is 5. The summed E-state index contributed by atoms with van der Waals surface area (Å²) in [7, 11) is 1.27. The van der Waals surface area contributed by atoms with Gasteiger partial charge in [0.05, 0.1) is 19.1 Å². The number of carbonyl (C=O) groups is 1. The van der Waals surface area contributed by atoms with E-state index in [2.05, 4.69) is 10.1 Å². The van der Waals surface area contributed by atoms with Crippen molar-refractivity contribution in [2.45, 2.75) is 25.8 Å². The van der Waals surface area contributed by atoms with Gasteiger partial charge in [0.25, 0.3) is 0 Å². The minimum atomic E-state index is -0.917. The molecule has 1 aromatic rings. The second-order valence-corrected chi connectivity index (χ2v) is 4.24. The van der Waals surface area contributed by atoms with Crippen LogP contribution in [0.3, 0.4) is 0 Å². The predicted octanol–water partition coefficient (Wildman–Crippen LogP) is 2.35. The van der Waals surface area contributed by atoms with E-state index in [-0.39, 0.29) is 12.0 Å². The molecular weight excluding hydrogens is 240 g/mol. The first kappa shape index (κ1) is 14.6. The van der Waals surface area contributed by atoms with E-state index >= 15 is 0 Å². The van der Waals surface area contributed by atoms with Crippen LogP contribution in [0.5, 0.6) is 0 Å². The third kappa shape index (κ3) is 3.26. The van der Waals surface area contributed by atoms with Crippen LogP contribution in [-0.2, 0) is 15.1 Å². The Morgan fingerprint density at radius 2 is 2.11 bits per heavy atom. The molecule has 1 atom stereocenters. The van der Waals surface area contributed by atoms with E-state index in [4.69, 9.17) is 0 Å². The minimum absolute atomic E-state index is 0.0279. The molecule has 1 unspecified atom stereocenters. The fraction of sp³-hybridized carbons (Fsp3) is 0.462. The first-order valence-corrected chi connectivity index (χ1v) is 5.70. The van der Waals surface area contributed by atoms with Crippen LogP contribution in [0.1, 0.15) is 25.8 Å². The van der Waals surface area contributed by atoms with Crippen molar-refractivity contribution >= 4 is 5.97 Å². The Hall–Kier alpha value is -1.49. The lowest BCUT2D eigenvalue weighted by molar-refractivity contribution is -0.142. The summed E-state index contributed by atoms with van der Waals surface area (Å²) in [4.78, 5) is 11.4. The smallest absolute Gasteiger partial charge is 0.307 e. The number of hydrogen-bond donors (Lipinski definition) is 1. The van der Waals surface area contributed by atoms with Crippen LogP contribution in [0.25, 0.3) is 0 Å². The average molecular weight is 257 g/mol. The molecule has 0 aliphatic carbocycles. The number of ether oxygens (including phenoxy) is 1. The van der Waals surface area contributed by atoms with Crippen molar-refractivity contribution in [2.75, 3.05) is 13.7 Å². The van der Waals surface area contributed by atoms with Crippen molar-refractivity contribution < 1.29 is 18.3 Å². The highest BCUT2D eigenvalue weighted by Crippen LogP contribution is 2.28. The normalized spacial score (nSPS) is 14.1. The number of carbonyl (C=O) groups excluding carboxylic acids is 1. The average Bonchev–Trinajstić information content (AvgIpc) is 2.28. The standard InChI is InChI=1S/C13H17F2NO2/c1-4-16-13(2,8-12(17)18-3)10-6-5-9(14)7-11(10)15/h5-7,16H,4,8H2,1-3H3. The Morgan fingerprint density at radius 1 is 1.44 bits per heavy atom. The Labute approximate surface area is 105 Å². The van der Waals surface area contributed by atoms with Crippen LogP contribution in [0.2, 0.25) is 0 Å². The maximum absolute atomic E-state index is 13.8. The van der Waals surface area contributed by atoms with Gasteiger partial charge in [0.2, 0.25) is 0 Å². The summed E-state index contributed by atoms with van der Waals surface area (Å²) in [5.41, 5.74) is -0.671. The molecule has 0 aliphatic rings. The summed E-state index contributed by atoms with van der Waals surface area (Å²) in [6.45, 7) is 4.07. The van der Waals surface area contributed by atoms with E-state index in [0.29, 0.717) is 6.54 Å². The molecule has 1 rings (SSSR count). The van der Waals surface area contributed by atoms with E-state index < -0.39 is 23.1 Å². The van der Waals surface area contributed by atoms with E-state index in [1.54, 1.807) is 6.92 Å². The van der Waals surface area contributed by atoms with Crippen LogP contribution in [0.15, 0.2) is 18.2 Å². The monoisotopic (exact) mass is 257 g/mol. The molecule has 18 heavy (non-hydrogen) atoms. The highest BCUT2D eigenvalue weighted by molar-refractivity contribution is 5.71. The van der Waals surface area contributed by atoms with Gasteiger partial charge >= 0.3 is 5.97 Å². The van der Waals surface area contributed by atoms with Crippen molar-refractivity contribution in [3.63, 3.8) is 0 Å². The van der Waals surface area contributed by atoms with Crippen LogP contribution in [0, 0.1) is 11.6 Å². The zero-order valence-electron chi connectivity index (χ0n) is 10.7. The third-order valence-electron chi connectivity index (χ3n) is 2.82.